The molecule has 1 unspecified atom stereocenters. The van der Waals surface area contributed by atoms with Gasteiger partial charge in [-0.1, -0.05) is 24.3 Å². The second-order valence-electron chi connectivity index (χ2n) is 6.77. The van der Waals surface area contributed by atoms with Gasteiger partial charge in [-0.25, -0.2) is 9.37 Å². The van der Waals surface area contributed by atoms with E-state index in [0.717, 1.165) is 16.8 Å². The third kappa shape index (κ3) is 3.50. The van der Waals surface area contributed by atoms with Crippen LogP contribution in [0.5, 0.6) is 0 Å². The normalized spacial score (nSPS) is 16.4. The van der Waals surface area contributed by atoms with Gasteiger partial charge in [0.05, 0.1) is 28.9 Å². The van der Waals surface area contributed by atoms with Crippen LogP contribution in [-0.4, -0.2) is 26.9 Å². The first-order valence-corrected chi connectivity index (χ1v) is 9.85. The van der Waals surface area contributed by atoms with Gasteiger partial charge in [-0.3, -0.25) is 5.41 Å². The van der Waals surface area contributed by atoms with Crippen LogP contribution >= 0.6 is 11.3 Å². The van der Waals surface area contributed by atoms with Gasteiger partial charge in [-0.05, 0) is 36.8 Å². The lowest BCUT2D eigenvalue weighted by atomic mass is 10.1. The van der Waals surface area contributed by atoms with Gasteiger partial charge in [0, 0.05) is 17.5 Å². The minimum absolute atomic E-state index is 0.0899. The molecule has 5 nitrogen and oxygen atoms in total. The molecule has 0 radical (unpaired) electrons. The fourth-order valence-corrected chi connectivity index (χ4v) is 4.19. The fourth-order valence-electron chi connectivity index (χ4n) is 3.31. The Bertz CT molecular complexity index is 1160. The maximum Gasteiger partial charge on any atom is 0.135 e. The molecule has 0 saturated heterocycles. The molecule has 7 heteroatoms. The van der Waals surface area contributed by atoms with Crippen molar-refractivity contribution in [2.45, 2.75) is 19.5 Å². The van der Waals surface area contributed by atoms with E-state index in [1.54, 1.807) is 29.2 Å². The highest BCUT2D eigenvalue weighted by atomic mass is 32.1. The molecule has 1 aromatic heterocycles. The van der Waals surface area contributed by atoms with Crippen molar-refractivity contribution in [1.82, 2.24) is 9.88 Å². The number of halogens is 1. The zero-order valence-corrected chi connectivity index (χ0v) is 16.4. The quantitative estimate of drug-likeness (QED) is 0.643. The minimum atomic E-state index is -0.400. The van der Waals surface area contributed by atoms with Gasteiger partial charge >= 0.3 is 0 Å². The van der Waals surface area contributed by atoms with E-state index in [9.17, 15) is 9.50 Å². The first kappa shape index (κ1) is 18.8. The largest absolute Gasteiger partial charge is 0.509 e. The summed E-state index contributed by atoms with van der Waals surface area (Å²) in [6.07, 6.45) is 0. The van der Waals surface area contributed by atoms with Crippen LogP contribution in [-0.2, 0) is 6.54 Å². The van der Waals surface area contributed by atoms with Crippen LogP contribution in [0.2, 0.25) is 0 Å². The molecule has 2 aromatic carbocycles. The van der Waals surface area contributed by atoms with Gasteiger partial charge in [0.2, 0.25) is 0 Å². The smallest absolute Gasteiger partial charge is 0.135 e. The first-order valence-electron chi connectivity index (χ1n) is 8.97. The molecule has 1 atom stereocenters. The lowest BCUT2D eigenvalue weighted by molar-refractivity contribution is 0.281. The van der Waals surface area contributed by atoms with Gasteiger partial charge in [0.25, 0.3) is 0 Å². The number of nitrogens with zero attached hydrogens (tertiary/aromatic N) is 3. The molecule has 0 aliphatic carbocycles. The number of aliphatic hydroxyl groups is 1. The number of aromatic nitrogens is 1. The van der Waals surface area contributed by atoms with Gasteiger partial charge < -0.3 is 10.0 Å². The number of nitrogens with one attached hydrogen (secondary N) is 1. The number of amidine groups is 1. The van der Waals surface area contributed by atoms with Crippen molar-refractivity contribution >= 4 is 22.7 Å². The van der Waals surface area contributed by atoms with Crippen LogP contribution in [0.15, 0.2) is 59.7 Å². The summed E-state index contributed by atoms with van der Waals surface area (Å²) < 4.78 is 13.5. The van der Waals surface area contributed by atoms with Crippen molar-refractivity contribution in [3.63, 3.8) is 0 Å². The minimum Gasteiger partial charge on any atom is -0.509 e. The number of nitriles is 1. The third-order valence-corrected chi connectivity index (χ3v) is 5.77. The predicted molar refractivity (Wildman–Crippen MR) is 111 cm³/mol. The number of hydrogen-bond acceptors (Lipinski definition) is 5. The van der Waals surface area contributed by atoms with Crippen LogP contribution < -0.4 is 0 Å². The van der Waals surface area contributed by atoms with Crippen LogP contribution in [0.3, 0.4) is 0 Å². The summed E-state index contributed by atoms with van der Waals surface area (Å²) in [5.74, 6) is -0.0719. The highest BCUT2D eigenvalue weighted by Gasteiger charge is 2.36. The van der Waals surface area contributed by atoms with E-state index in [-0.39, 0.29) is 17.4 Å². The summed E-state index contributed by atoms with van der Waals surface area (Å²) in [5, 5.41) is 30.6. The molecular formula is C22H17FN4OS. The molecular weight excluding hydrogens is 387 g/mol. The summed E-state index contributed by atoms with van der Waals surface area (Å²) in [5.41, 5.74) is 3.29. The van der Waals surface area contributed by atoms with Gasteiger partial charge in [-0.15, -0.1) is 11.3 Å². The Labute approximate surface area is 171 Å². The Kier molecular flexibility index (Phi) is 4.87. The summed E-state index contributed by atoms with van der Waals surface area (Å²) in [6.45, 7) is 2.13. The third-order valence-electron chi connectivity index (χ3n) is 4.91. The number of rotatable bonds is 4. The molecule has 3 aromatic rings. The number of hydrogen-bond donors (Lipinski definition) is 2. The zero-order chi connectivity index (χ0) is 20.5. The molecule has 0 spiro atoms. The summed E-state index contributed by atoms with van der Waals surface area (Å²) >= 11 is 1.35. The van der Waals surface area contributed by atoms with Crippen molar-refractivity contribution in [2.24, 2.45) is 0 Å². The molecule has 1 aliphatic rings. The Hall–Kier alpha value is -3.50. The van der Waals surface area contributed by atoms with Crippen molar-refractivity contribution in [3.05, 3.63) is 81.6 Å². The van der Waals surface area contributed by atoms with Crippen molar-refractivity contribution in [3.8, 4) is 17.3 Å². The molecule has 0 fully saturated rings. The Balaban J connectivity index is 1.60. The average Bonchev–Trinajstić information content (AvgIpc) is 3.28. The molecule has 0 saturated carbocycles. The van der Waals surface area contributed by atoms with E-state index in [4.69, 9.17) is 10.7 Å². The molecule has 0 amide bonds. The maximum absolute atomic E-state index is 13.5. The van der Waals surface area contributed by atoms with Crippen molar-refractivity contribution in [2.75, 3.05) is 0 Å². The van der Waals surface area contributed by atoms with E-state index in [1.807, 2.05) is 24.4 Å². The molecule has 1 aliphatic heterocycles. The predicted octanol–water partition coefficient (Wildman–Crippen LogP) is 4.97. The van der Waals surface area contributed by atoms with E-state index < -0.39 is 6.04 Å². The summed E-state index contributed by atoms with van der Waals surface area (Å²) in [7, 11) is 0. The summed E-state index contributed by atoms with van der Waals surface area (Å²) in [4.78, 5) is 6.32. The fraction of sp³-hybridized carbons (Fsp3) is 0.136. The number of thiazole rings is 1. The lowest BCUT2D eigenvalue weighted by Gasteiger charge is -2.24. The Morgan fingerprint density at radius 1 is 1.28 bits per heavy atom. The maximum atomic E-state index is 13.5. The van der Waals surface area contributed by atoms with E-state index in [1.165, 1.54) is 23.5 Å². The highest BCUT2D eigenvalue weighted by molar-refractivity contribution is 7.11. The Morgan fingerprint density at radius 2 is 2.03 bits per heavy atom. The zero-order valence-electron chi connectivity index (χ0n) is 15.6. The topological polar surface area (TPSA) is 84.0 Å². The standard InChI is InChI=1S/C22H17FN4OS/c1-13-20(28)19(21(25)27(13)11-15-3-2-4-17(23)9-15)22-26-18(12-29-22)16-7-5-14(10-24)6-8-16/h2-9,12-13,25,28H,11H2,1H3. The molecule has 29 heavy (non-hydrogen) atoms. The first-order chi connectivity index (χ1) is 14.0. The molecule has 144 valence electrons. The van der Waals surface area contributed by atoms with Crippen molar-refractivity contribution < 1.29 is 9.50 Å². The Morgan fingerprint density at radius 3 is 2.72 bits per heavy atom. The van der Waals surface area contributed by atoms with Crippen molar-refractivity contribution in [1.29, 1.82) is 10.7 Å². The van der Waals surface area contributed by atoms with Gasteiger partial charge in [-0.2, -0.15) is 5.26 Å². The molecule has 2 N–H and O–H groups in total. The molecule has 2 heterocycles. The molecule has 0 bridgehead atoms. The number of aliphatic hydroxyl groups excluding tert-OH is 1. The van der Waals surface area contributed by atoms with E-state index in [0.29, 0.717) is 22.7 Å². The summed E-state index contributed by atoms with van der Waals surface area (Å²) in [6, 6.07) is 15.0. The highest BCUT2D eigenvalue weighted by Crippen LogP contribution is 2.35. The van der Waals surface area contributed by atoms with Crippen LogP contribution in [0.4, 0.5) is 4.39 Å². The van der Waals surface area contributed by atoms with Crippen LogP contribution in [0.1, 0.15) is 23.1 Å². The second-order valence-corrected chi connectivity index (χ2v) is 7.63. The van der Waals surface area contributed by atoms with Crippen LogP contribution in [0, 0.1) is 22.6 Å². The lowest BCUT2D eigenvalue weighted by Crippen LogP contribution is -2.32. The van der Waals surface area contributed by atoms with E-state index in [2.05, 4.69) is 11.1 Å². The van der Waals surface area contributed by atoms with E-state index >= 15 is 0 Å². The average molecular weight is 404 g/mol. The van der Waals surface area contributed by atoms with Gasteiger partial charge in [0.15, 0.2) is 0 Å². The SMILES string of the molecule is CC1C(O)=C(c2nc(-c3ccc(C#N)cc3)cs2)C(=N)N1Cc1cccc(F)c1. The number of benzene rings is 2. The monoisotopic (exact) mass is 404 g/mol. The van der Waals surface area contributed by atoms with Crippen LogP contribution in [0.25, 0.3) is 16.8 Å². The van der Waals surface area contributed by atoms with Gasteiger partial charge in [0.1, 0.15) is 22.4 Å². The molecule has 4 rings (SSSR count). The second kappa shape index (κ2) is 7.49.